The van der Waals surface area contributed by atoms with E-state index in [1.807, 2.05) is 0 Å². The molecule has 0 aromatic heterocycles. The van der Waals surface area contributed by atoms with Gasteiger partial charge >= 0.3 is 0 Å². The van der Waals surface area contributed by atoms with E-state index in [0.717, 1.165) is 4.90 Å². The van der Waals surface area contributed by atoms with Crippen LogP contribution in [-0.2, 0) is 19.6 Å². The summed E-state index contributed by atoms with van der Waals surface area (Å²) in [5.41, 5.74) is 0.0563. The molecular formula is C20H16BrN3O7S. The van der Waals surface area contributed by atoms with E-state index in [1.165, 1.54) is 37.4 Å². The van der Waals surface area contributed by atoms with Crippen molar-refractivity contribution in [2.24, 2.45) is 0 Å². The molecule has 2 aromatic rings. The number of hydrogen-bond donors (Lipinski definition) is 2. The van der Waals surface area contributed by atoms with Gasteiger partial charge in [0.15, 0.2) is 0 Å². The fourth-order valence-corrected chi connectivity index (χ4v) is 5.36. The number of piperidine rings is 1. The van der Waals surface area contributed by atoms with Crippen molar-refractivity contribution in [3.05, 3.63) is 52.0 Å². The molecule has 1 unspecified atom stereocenters. The van der Waals surface area contributed by atoms with Gasteiger partial charge in [0.1, 0.15) is 16.7 Å². The van der Waals surface area contributed by atoms with Crippen LogP contribution in [0, 0.1) is 0 Å². The van der Waals surface area contributed by atoms with Crippen LogP contribution in [-0.4, -0.2) is 50.1 Å². The maximum absolute atomic E-state index is 12.9. The Hall–Kier alpha value is -3.25. The van der Waals surface area contributed by atoms with Gasteiger partial charge in [-0.1, -0.05) is 15.9 Å². The smallest absolute Gasteiger partial charge is 0.265 e. The molecule has 0 aliphatic carbocycles. The number of anilines is 1. The Morgan fingerprint density at radius 2 is 1.78 bits per heavy atom. The summed E-state index contributed by atoms with van der Waals surface area (Å²) in [4.78, 5) is 49.9. The van der Waals surface area contributed by atoms with Crippen molar-refractivity contribution in [3.8, 4) is 5.75 Å². The number of rotatable bonds is 5. The molecule has 0 bridgehead atoms. The Morgan fingerprint density at radius 3 is 2.47 bits per heavy atom. The molecule has 0 saturated carbocycles. The van der Waals surface area contributed by atoms with Crippen LogP contribution in [0.4, 0.5) is 5.69 Å². The number of imide groups is 2. The average Bonchev–Trinajstić information content (AvgIpc) is 2.98. The Morgan fingerprint density at radius 1 is 1.06 bits per heavy atom. The van der Waals surface area contributed by atoms with E-state index < -0.39 is 39.7 Å². The quantitative estimate of drug-likeness (QED) is 0.570. The summed E-state index contributed by atoms with van der Waals surface area (Å²) >= 11 is 3.22. The number of amides is 4. The molecule has 1 fully saturated rings. The third-order valence-corrected chi connectivity index (χ3v) is 7.00. The second kappa shape index (κ2) is 8.02. The number of fused-ring (bicyclic) bond motifs is 1. The molecule has 4 rings (SSSR count). The monoisotopic (exact) mass is 521 g/mol. The SMILES string of the molecule is COc1ccc(Br)cc1S(=O)(=O)Nc1ccc2c(c1)C(=O)N(C1CCC(=O)NC1=O)C2=O. The van der Waals surface area contributed by atoms with Gasteiger partial charge in [0.25, 0.3) is 21.8 Å². The van der Waals surface area contributed by atoms with Crippen molar-refractivity contribution < 1.29 is 32.3 Å². The number of methoxy groups -OCH3 is 1. The van der Waals surface area contributed by atoms with Crippen LogP contribution in [0.3, 0.4) is 0 Å². The molecule has 0 radical (unpaired) electrons. The number of benzene rings is 2. The van der Waals surface area contributed by atoms with Crippen LogP contribution in [0.5, 0.6) is 5.75 Å². The summed E-state index contributed by atoms with van der Waals surface area (Å²) in [5, 5.41) is 2.12. The highest BCUT2D eigenvalue weighted by atomic mass is 79.9. The van der Waals surface area contributed by atoms with Crippen molar-refractivity contribution in [2.45, 2.75) is 23.8 Å². The third-order valence-electron chi connectivity index (χ3n) is 5.11. The van der Waals surface area contributed by atoms with E-state index in [-0.39, 0.29) is 40.3 Å². The van der Waals surface area contributed by atoms with Crippen LogP contribution in [0.15, 0.2) is 45.8 Å². The fourth-order valence-electron chi connectivity index (χ4n) is 3.61. The lowest BCUT2D eigenvalue weighted by atomic mass is 10.0. The van der Waals surface area contributed by atoms with E-state index in [9.17, 15) is 27.6 Å². The van der Waals surface area contributed by atoms with Gasteiger partial charge < -0.3 is 4.74 Å². The highest BCUT2D eigenvalue weighted by Gasteiger charge is 2.44. The minimum absolute atomic E-state index is 0.00330. The predicted octanol–water partition coefficient (Wildman–Crippen LogP) is 1.66. The number of carbonyl (C=O) groups is 4. The highest BCUT2D eigenvalue weighted by molar-refractivity contribution is 9.10. The zero-order chi connectivity index (χ0) is 23.2. The summed E-state index contributed by atoms with van der Waals surface area (Å²) in [5.74, 6) is -2.48. The molecule has 32 heavy (non-hydrogen) atoms. The van der Waals surface area contributed by atoms with Crippen LogP contribution < -0.4 is 14.8 Å². The number of ether oxygens (including phenoxy) is 1. The molecule has 12 heteroatoms. The summed E-state index contributed by atoms with van der Waals surface area (Å²) < 4.78 is 33.8. The van der Waals surface area contributed by atoms with Gasteiger partial charge in [-0.15, -0.1) is 0 Å². The fraction of sp³-hybridized carbons (Fsp3) is 0.200. The van der Waals surface area contributed by atoms with E-state index in [0.29, 0.717) is 4.47 Å². The maximum Gasteiger partial charge on any atom is 0.265 e. The van der Waals surface area contributed by atoms with Crippen LogP contribution in [0.25, 0.3) is 0 Å². The molecule has 2 aliphatic heterocycles. The van der Waals surface area contributed by atoms with Crippen molar-refractivity contribution in [3.63, 3.8) is 0 Å². The molecule has 2 aromatic carbocycles. The highest BCUT2D eigenvalue weighted by Crippen LogP contribution is 2.32. The topological polar surface area (TPSA) is 139 Å². The van der Waals surface area contributed by atoms with Crippen LogP contribution >= 0.6 is 15.9 Å². The van der Waals surface area contributed by atoms with Gasteiger partial charge in [0.2, 0.25) is 11.8 Å². The number of hydrogen-bond acceptors (Lipinski definition) is 7. The lowest BCUT2D eigenvalue weighted by molar-refractivity contribution is -0.136. The predicted molar refractivity (Wildman–Crippen MR) is 115 cm³/mol. The van der Waals surface area contributed by atoms with Gasteiger partial charge in [0.05, 0.1) is 18.2 Å². The first-order valence-electron chi connectivity index (χ1n) is 9.34. The first-order valence-corrected chi connectivity index (χ1v) is 11.6. The summed E-state index contributed by atoms with van der Waals surface area (Å²) in [6.07, 6.45) is 0.0294. The first-order chi connectivity index (χ1) is 15.1. The van der Waals surface area contributed by atoms with E-state index in [4.69, 9.17) is 4.74 Å². The standard InChI is InChI=1S/C20H16BrN3O7S/c1-31-15-6-2-10(21)8-16(15)32(29,30)23-11-3-4-12-13(9-11)20(28)24(19(12)27)14-5-7-17(25)22-18(14)26/h2-4,6,8-9,14,23H,5,7H2,1H3,(H,22,25,26). The number of nitrogens with zero attached hydrogens (tertiary/aromatic N) is 1. The second-order valence-corrected chi connectivity index (χ2v) is 9.67. The van der Waals surface area contributed by atoms with Crippen LogP contribution in [0.1, 0.15) is 33.6 Å². The molecule has 166 valence electrons. The maximum atomic E-state index is 12.9. The van der Waals surface area contributed by atoms with Gasteiger partial charge in [-0.2, -0.15) is 0 Å². The number of nitrogens with one attached hydrogen (secondary N) is 2. The zero-order valence-electron chi connectivity index (χ0n) is 16.5. The largest absolute Gasteiger partial charge is 0.495 e. The van der Waals surface area contributed by atoms with Gasteiger partial charge in [0, 0.05) is 16.6 Å². The molecule has 1 atom stereocenters. The van der Waals surface area contributed by atoms with E-state index in [2.05, 4.69) is 26.0 Å². The number of sulfonamides is 1. The summed E-state index contributed by atoms with van der Waals surface area (Å²) in [7, 11) is -2.75. The Labute approximate surface area is 191 Å². The Kier molecular flexibility index (Phi) is 5.51. The Bertz CT molecular complexity index is 1290. The minimum Gasteiger partial charge on any atom is -0.495 e. The molecule has 2 aliphatic rings. The summed E-state index contributed by atoms with van der Waals surface area (Å²) in [6, 6.07) is 7.28. The van der Waals surface area contributed by atoms with Gasteiger partial charge in [-0.05, 0) is 42.8 Å². The number of carbonyl (C=O) groups excluding carboxylic acids is 4. The second-order valence-electron chi connectivity index (χ2n) is 7.11. The normalized spacial score (nSPS) is 18.4. The van der Waals surface area contributed by atoms with Crippen LogP contribution in [0.2, 0.25) is 0 Å². The summed E-state index contributed by atoms with van der Waals surface area (Å²) in [6.45, 7) is 0. The lowest BCUT2D eigenvalue weighted by Crippen LogP contribution is -2.54. The average molecular weight is 522 g/mol. The molecule has 0 spiro atoms. The zero-order valence-corrected chi connectivity index (χ0v) is 18.9. The molecule has 1 saturated heterocycles. The van der Waals surface area contributed by atoms with Gasteiger partial charge in [-0.3, -0.25) is 34.1 Å². The molecule has 4 amide bonds. The van der Waals surface area contributed by atoms with Crippen molar-refractivity contribution >= 4 is 55.3 Å². The molecular weight excluding hydrogens is 506 g/mol. The van der Waals surface area contributed by atoms with E-state index in [1.54, 1.807) is 6.07 Å². The van der Waals surface area contributed by atoms with Crippen molar-refractivity contribution in [1.82, 2.24) is 10.2 Å². The first kappa shape index (κ1) is 22.0. The third kappa shape index (κ3) is 3.75. The molecule has 10 nitrogen and oxygen atoms in total. The van der Waals surface area contributed by atoms with E-state index >= 15 is 0 Å². The van der Waals surface area contributed by atoms with Crippen molar-refractivity contribution in [2.75, 3.05) is 11.8 Å². The van der Waals surface area contributed by atoms with Gasteiger partial charge in [-0.25, -0.2) is 8.42 Å². The molecule has 2 heterocycles. The molecule has 2 N–H and O–H groups in total. The Balaban J connectivity index is 1.64. The van der Waals surface area contributed by atoms with Crippen molar-refractivity contribution in [1.29, 1.82) is 0 Å². The minimum atomic E-state index is -4.09. The lowest BCUT2D eigenvalue weighted by Gasteiger charge is -2.27. The number of halogens is 1.